The number of carbonyl (C=O) groups is 1. The van der Waals surface area contributed by atoms with Crippen LogP contribution in [0.15, 0.2) is 34.9 Å². The van der Waals surface area contributed by atoms with Crippen molar-refractivity contribution in [1.29, 1.82) is 0 Å². The first kappa shape index (κ1) is 16.4. The number of fused-ring (bicyclic) bond motifs is 3. The summed E-state index contributed by atoms with van der Waals surface area (Å²) in [7, 11) is 3.67. The molecule has 0 aliphatic carbocycles. The van der Waals surface area contributed by atoms with Crippen molar-refractivity contribution in [3.05, 3.63) is 41.9 Å². The lowest BCUT2D eigenvalue weighted by Crippen LogP contribution is -2.39. The molecule has 8 nitrogen and oxygen atoms in total. The Bertz CT molecular complexity index is 929. The first-order valence-electron chi connectivity index (χ1n) is 8.71. The van der Waals surface area contributed by atoms with E-state index in [0.29, 0.717) is 24.9 Å². The van der Waals surface area contributed by atoms with Crippen molar-refractivity contribution in [3.8, 4) is 0 Å². The molecule has 0 spiro atoms. The van der Waals surface area contributed by atoms with Gasteiger partial charge in [-0.3, -0.25) is 0 Å². The van der Waals surface area contributed by atoms with Crippen LogP contribution in [-0.2, 0) is 19.6 Å². The van der Waals surface area contributed by atoms with Gasteiger partial charge in [0, 0.05) is 38.4 Å². The molecular formula is C18H22N6O2. The number of nitrogens with one attached hydrogen (secondary N) is 1. The molecule has 0 saturated heterocycles. The second-order valence-electron chi connectivity index (χ2n) is 6.66. The maximum Gasteiger partial charge on any atom is 0.318 e. The first-order chi connectivity index (χ1) is 12.6. The Labute approximate surface area is 151 Å². The number of nitrogens with zero attached hydrogens (tertiary/aromatic N) is 5. The largest absolute Gasteiger partial charge is 0.344 e. The van der Waals surface area contributed by atoms with Crippen molar-refractivity contribution in [2.75, 3.05) is 25.5 Å². The van der Waals surface area contributed by atoms with Gasteiger partial charge in [-0.2, -0.15) is 4.98 Å². The Morgan fingerprint density at radius 3 is 2.96 bits per heavy atom. The number of para-hydroxylation sites is 1. The van der Waals surface area contributed by atoms with Crippen LogP contribution in [0.4, 0.5) is 10.7 Å². The Morgan fingerprint density at radius 2 is 2.15 bits per heavy atom. The van der Waals surface area contributed by atoms with Gasteiger partial charge in [0.25, 0.3) is 5.95 Å². The van der Waals surface area contributed by atoms with Crippen LogP contribution in [0.25, 0.3) is 10.9 Å². The van der Waals surface area contributed by atoms with E-state index in [1.165, 1.54) is 10.9 Å². The highest BCUT2D eigenvalue weighted by Gasteiger charge is 2.21. The molecule has 0 bridgehead atoms. The molecule has 1 aromatic carbocycles. The number of urea groups is 1. The van der Waals surface area contributed by atoms with E-state index in [4.69, 9.17) is 4.52 Å². The maximum atomic E-state index is 12.6. The molecular weight excluding hydrogens is 332 g/mol. The second-order valence-corrected chi connectivity index (χ2v) is 6.66. The number of amides is 2. The maximum absolute atomic E-state index is 12.6. The predicted molar refractivity (Wildman–Crippen MR) is 97.8 cm³/mol. The molecule has 1 N–H and O–H groups in total. The highest BCUT2D eigenvalue weighted by Crippen LogP contribution is 2.23. The number of benzene rings is 1. The molecule has 8 heteroatoms. The predicted octanol–water partition coefficient (Wildman–Crippen LogP) is 2.21. The Hall–Kier alpha value is -3.03. The van der Waals surface area contributed by atoms with Gasteiger partial charge < -0.3 is 24.2 Å². The van der Waals surface area contributed by atoms with Gasteiger partial charge in [-0.25, -0.2) is 4.79 Å². The Balaban J connectivity index is 1.44. The van der Waals surface area contributed by atoms with E-state index in [1.54, 1.807) is 4.90 Å². The lowest BCUT2D eigenvalue weighted by molar-refractivity contribution is 0.194. The summed E-state index contributed by atoms with van der Waals surface area (Å²) in [6.45, 7) is 2.45. The monoisotopic (exact) mass is 354 g/mol. The van der Waals surface area contributed by atoms with Gasteiger partial charge in [0.2, 0.25) is 5.89 Å². The number of hydrogen-bond acceptors (Lipinski definition) is 5. The molecule has 3 heterocycles. The summed E-state index contributed by atoms with van der Waals surface area (Å²) in [5.41, 5.74) is 2.39. The highest BCUT2D eigenvalue weighted by molar-refractivity contribution is 5.81. The van der Waals surface area contributed by atoms with Gasteiger partial charge in [-0.15, -0.1) is 0 Å². The van der Waals surface area contributed by atoms with Crippen LogP contribution < -0.4 is 10.2 Å². The minimum Gasteiger partial charge on any atom is -0.344 e. The molecule has 0 radical (unpaired) electrons. The van der Waals surface area contributed by atoms with Crippen molar-refractivity contribution in [3.63, 3.8) is 0 Å². The van der Waals surface area contributed by atoms with Crippen molar-refractivity contribution in [2.24, 2.45) is 0 Å². The molecule has 1 aliphatic heterocycles. The van der Waals surface area contributed by atoms with Gasteiger partial charge >= 0.3 is 6.03 Å². The van der Waals surface area contributed by atoms with Crippen molar-refractivity contribution in [1.82, 2.24) is 24.9 Å². The fourth-order valence-corrected chi connectivity index (χ4v) is 3.29. The average molecular weight is 354 g/mol. The third-order valence-corrected chi connectivity index (χ3v) is 4.59. The average Bonchev–Trinajstić information content (AvgIpc) is 3.18. The molecule has 4 rings (SSSR count). The van der Waals surface area contributed by atoms with E-state index < -0.39 is 0 Å². The zero-order valence-corrected chi connectivity index (χ0v) is 15.0. The third kappa shape index (κ3) is 3.10. The topological polar surface area (TPSA) is 79.4 Å². The van der Waals surface area contributed by atoms with E-state index in [9.17, 15) is 4.79 Å². The minimum atomic E-state index is -0.117. The van der Waals surface area contributed by atoms with E-state index in [-0.39, 0.29) is 12.6 Å². The first-order valence-corrected chi connectivity index (χ1v) is 8.71. The number of rotatable bonds is 3. The summed E-state index contributed by atoms with van der Waals surface area (Å²) in [6.07, 6.45) is 0.921. The van der Waals surface area contributed by atoms with E-state index in [1.807, 2.05) is 25.1 Å². The molecule has 0 unspecified atom stereocenters. The highest BCUT2D eigenvalue weighted by atomic mass is 16.5. The zero-order chi connectivity index (χ0) is 18.1. The summed E-state index contributed by atoms with van der Waals surface area (Å²) in [6, 6.07) is 10.4. The molecule has 0 fully saturated rings. The van der Waals surface area contributed by atoms with Crippen molar-refractivity contribution < 1.29 is 9.32 Å². The van der Waals surface area contributed by atoms with Gasteiger partial charge in [0.05, 0.1) is 13.1 Å². The van der Waals surface area contributed by atoms with Crippen LogP contribution in [-0.4, -0.2) is 46.3 Å². The smallest absolute Gasteiger partial charge is 0.318 e. The standard InChI is InChI=1S/C18H22N6O2/c1-22(2)17-20-16(26-21-17)11-19-18(25)23-8-5-9-24-14(12-23)10-13-6-3-4-7-15(13)24/h3-4,6-7,10H,5,8-9,11-12H2,1-2H3,(H,19,25). The molecule has 1 aliphatic rings. The minimum absolute atomic E-state index is 0.117. The number of anilines is 1. The van der Waals surface area contributed by atoms with Crippen LogP contribution >= 0.6 is 0 Å². The fourth-order valence-electron chi connectivity index (χ4n) is 3.29. The molecule has 0 saturated carbocycles. The summed E-state index contributed by atoms with van der Waals surface area (Å²) < 4.78 is 7.45. The molecule has 2 amide bonds. The SMILES string of the molecule is CN(C)c1noc(CNC(=O)N2CCCn3c(cc4ccccc43)C2)n1. The van der Waals surface area contributed by atoms with E-state index in [0.717, 1.165) is 18.7 Å². The van der Waals surface area contributed by atoms with Gasteiger partial charge in [0.1, 0.15) is 0 Å². The summed E-state index contributed by atoms with van der Waals surface area (Å²) in [4.78, 5) is 20.4. The summed E-state index contributed by atoms with van der Waals surface area (Å²) >= 11 is 0. The number of aromatic nitrogens is 3. The number of hydrogen-bond donors (Lipinski definition) is 1. The summed E-state index contributed by atoms with van der Waals surface area (Å²) in [5, 5.41) is 7.94. The zero-order valence-electron chi connectivity index (χ0n) is 15.0. The molecule has 3 aromatic rings. The Kier molecular flexibility index (Phi) is 4.24. The van der Waals surface area contributed by atoms with Gasteiger partial charge in [-0.05, 0) is 29.1 Å². The van der Waals surface area contributed by atoms with Crippen LogP contribution in [0, 0.1) is 0 Å². The molecule has 2 aromatic heterocycles. The van der Waals surface area contributed by atoms with Crippen molar-refractivity contribution >= 4 is 22.9 Å². The molecule has 0 atom stereocenters. The second kappa shape index (κ2) is 6.70. The van der Waals surface area contributed by atoms with Crippen LogP contribution in [0.5, 0.6) is 0 Å². The molecule has 136 valence electrons. The number of aryl methyl sites for hydroxylation is 1. The lowest BCUT2D eigenvalue weighted by atomic mass is 10.2. The molecule has 26 heavy (non-hydrogen) atoms. The lowest BCUT2D eigenvalue weighted by Gasteiger charge is -2.20. The van der Waals surface area contributed by atoms with Crippen LogP contribution in [0.1, 0.15) is 18.0 Å². The Morgan fingerprint density at radius 1 is 1.31 bits per heavy atom. The van der Waals surface area contributed by atoms with Gasteiger partial charge in [0.15, 0.2) is 0 Å². The number of carbonyl (C=O) groups excluding carboxylic acids is 1. The van der Waals surface area contributed by atoms with Crippen LogP contribution in [0.2, 0.25) is 0 Å². The van der Waals surface area contributed by atoms with Crippen molar-refractivity contribution in [2.45, 2.75) is 26.1 Å². The van der Waals surface area contributed by atoms with Crippen LogP contribution in [0.3, 0.4) is 0 Å². The normalized spacial score (nSPS) is 14.2. The quantitative estimate of drug-likeness (QED) is 0.780. The van der Waals surface area contributed by atoms with E-state index in [2.05, 4.69) is 44.3 Å². The van der Waals surface area contributed by atoms with E-state index >= 15 is 0 Å². The fraction of sp³-hybridized carbons (Fsp3) is 0.389. The van der Waals surface area contributed by atoms with Gasteiger partial charge in [-0.1, -0.05) is 18.2 Å². The summed E-state index contributed by atoms with van der Waals surface area (Å²) in [5.74, 6) is 0.888. The third-order valence-electron chi connectivity index (χ3n) is 4.59.